The third-order valence-electron chi connectivity index (χ3n) is 3.78. The lowest BCUT2D eigenvalue weighted by Gasteiger charge is -2.34. The van der Waals surface area contributed by atoms with Gasteiger partial charge < -0.3 is 4.74 Å². The molecule has 3 rings (SSSR count). The lowest BCUT2D eigenvalue weighted by Crippen LogP contribution is -2.34. The molecule has 8 heteroatoms. The maximum absolute atomic E-state index is 10.9. The summed E-state index contributed by atoms with van der Waals surface area (Å²) in [5, 5.41) is 10.2. The smallest absolute Gasteiger partial charge is 0.222 e. The number of nitriles is 1. The molecule has 0 spiro atoms. The number of fused-ring (bicyclic) bond motifs is 1. The minimum absolute atomic E-state index is 0.384. The van der Waals surface area contributed by atoms with Gasteiger partial charge in [0.1, 0.15) is 11.4 Å². The molecule has 6 nitrogen and oxygen atoms in total. The standard InChI is InChI=1S/C17H14ClN3O3S/c1-17(2)13(8-19)16(14-6-3-10(18)9-20-14)12-5-4-11(21-25(22)23)7-15(12)24-17/h3-7,9,25H,1-2H3,(H,21,22,23). The van der Waals surface area contributed by atoms with Gasteiger partial charge in [0.05, 0.1) is 28.0 Å². The van der Waals surface area contributed by atoms with E-state index in [9.17, 15) is 13.7 Å². The van der Waals surface area contributed by atoms with Gasteiger partial charge in [-0.3, -0.25) is 9.71 Å². The number of nitrogens with zero attached hydrogens (tertiary/aromatic N) is 2. The van der Waals surface area contributed by atoms with Gasteiger partial charge in [0.15, 0.2) is 0 Å². The van der Waals surface area contributed by atoms with Crippen LogP contribution < -0.4 is 9.46 Å². The Hall–Kier alpha value is -2.56. The van der Waals surface area contributed by atoms with Crippen molar-refractivity contribution in [3.05, 3.63) is 58.4 Å². The van der Waals surface area contributed by atoms with Crippen molar-refractivity contribution in [3.8, 4) is 11.8 Å². The lowest BCUT2D eigenvalue weighted by molar-refractivity contribution is 0.149. The summed E-state index contributed by atoms with van der Waals surface area (Å²) in [5.74, 6) is 0.470. The molecular formula is C17H14ClN3O3S. The number of aromatic nitrogens is 1. The molecule has 128 valence electrons. The lowest BCUT2D eigenvalue weighted by atomic mass is 9.85. The fourth-order valence-electron chi connectivity index (χ4n) is 2.73. The van der Waals surface area contributed by atoms with Crippen molar-refractivity contribution >= 4 is 33.8 Å². The van der Waals surface area contributed by atoms with Crippen molar-refractivity contribution in [2.75, 3.05) is 4.72 Å². The fourth-order valence-corrected chi connectivity index (χ4v) is 3.19. The van der Waals surface area contributed by atoms with E-state index in [1.54, 1.807) is 44.2 Å². The topological polar surface area (TPSA) is 92.1 Å². The minimum Gasteiger partial charge on any atom is -0.482 e. The van der Waals surface area contributed by atoms with Crippen LogP contribution in [0.25, 0.3) is 5.57 Å². The molecule has 0 fully saturated rings. The number of thiol groups is 1. The summed E-state index contributed by atoms with van der Waals surface area (Å²) in [5.41, 5.74) is 1.83. The number of hydrogen-bond donors (Lipinski definition) is 2. The van der Waals surface area contributed by atoms with E-state index in [0.717, 1.165) is 0 Å². The molecule has 0 saturated heterocycles. The highest BCUT2D eigenvalue weighted by atomic mass is 35.5. The maximum atomic E-state index is 10.9. The molecular weight excluding hydrogens is 362 g/mol. The van der Waals surface area contributed by atoms with E-state index in [0.29, 0.717) is 38.9 Å². The van der Waals surface area contributed by atoms with Crippen LogP contribution in [-0.4, -0.2) is 19.0 Å². The summed E-state index contributed by atoms with van der Waals surface area (Å²) in [6.45, 7) is 3.55. The van der Waals surface area contributed by atoms with Gasteiger partial charge >= 0.3 is 0 Å². The van der Waals surface area contributed by atoms with Crippen molar-refractivity contribution < 1.29 is 13.2 Å². The largest absolute Gasteiger partial charge is 0.482 e. The first kappa shape index (κ1) is 17.3. The van der Waals surface area contributed by atoms with Crippen molar-refractivity contribution in [2.45, 2.75) is 19.4 Å². The zero-order valence-corrected chi connectivity index (χ0v) is 15.1. The van der Waals surface area contributed by atoms with Crippen molar-refractivity contribution in [1.82, 2.24) is 4.98 Å². The van der Waals surface area contributed by atoms with E-state index in [1.807, 2.05) is 0 Å². The SMILES string of the molecule is CC1(C)Oc2cc(N[SH](=O)=O)ccc2C(c2ccc(Cl)cn2)=C1C#N. The van der Waals surface area contributed by atoms with E-state index in [2.05, 4.69) is 15.8 Å². The van der Waals surface area contributed by atoms with E-state index in [4.69, 9.17) is 16.3 Å². The molecule has 1 aromatic heterocycles. The van der Waals surface area contributed by atoms with E-state index >= 15 is 0 Å². The molecule has 1 aliphatic heterocycles. The molecule has 0 aliphatic carbocycles. The first-order valence-corrected chi connectivity index (χ1v) is 8.88. The maximum Gasteiger partial charge on any atom is 0.222 e. The fraction of sp³-hybridized carbons (Fsp3) is 0.176. The second-order valence-corrected chi connectivity index (χ2v) is 7.09. The number of ether oxygens (including phenoxy) is 1. The Kier molecular flexibility index (Phi) is 4.41. The molecule has 0 saturated carbocycles. The van der Waals surface area contributed by atoms with Crippen LogP contribution in [0.2, 0.25) is 5.02 Å². The minimum atomic E-state index is -2.78. The van der Waals surface area contributed by atoms with E-state index in [1.165, 1.54) is 6.20 Å². The monoisotopic (exact) mass is 375 g/mol. The number of pyridine rings is 1. The number of nitrogens with one attached hydrogen (secondary N) is 1. The Morgan fingerprint density at radius 2 is 2.04 bits per heavy atom. The molecule has 0 bridgehead atoms. The van der Waals surface area contributed by atoms with Crippen LogP contribution >= 0.6 is 11.6 Å². The number of anilines is 1. The molecule has 0 radical (unpaired) electrons. The number of rotatable bonds is 3. The Morgan fingerprint density at radius 1 is 1.28 bits per heavy atom. The highest BCUT2D eigenvalue weighted by Crippen LogP contribution is 2.44. The van der Waals surface area contributed by atoms with Crippen LogP contribution in [0, 0.1) is 11.3 Å². The molecule has 1 aromatic carbocycles. The van der Waals surface area contributed by atoms with Crippen molar-refractivity contribution in [3.63, 3.8) is 0 Å². The first-order chi connectivity index (χ1) is 11.8. The molecule has 1 N–H and O–H groups in total. The Balaban J connectivity index is 2.24. The zero-order chi connectivity index (χ0) is 18.2. The summed E-state index contributed by atoms with van der Waals surface area (Å²) in [6.07, 6.45) is 1.51. The van der Waals surface area contributed by atoms with Gasteiger partial charge in [-0.2, -0.15) is 5.26 Å². The quantitative estimate of drug-likeness (QED) is 0.804. The zero-order valence-electron chi connectivity index (χ0n) is 13.4. The molecule has 0 atom stereocenters. The second-order valence-electron chi connectivity index (χ2n) is 5.92. The van der Waals surface area contributed by atoms with Crippen LogP contribution in [0.3, 0.4) is 0 Å². The highest BCUT2D eigenvalue weighted by Gasteiger charge is 2.36. The highest BCUT2D eigenvalue weighted by molar-refractivity contribution is 7.73. The van der Waals surface area contributed by atoms with Gasteiger partial charge in [0.25, 0.3) is 0 Å². The van der Waals surface area contributed by atoms with Gasteiger partial charge in [-0.15, -0.1) is 0 Å². The molecule has 25 heavy (non-hydrogen) atoms. The van der Waals surface area contributed by atoms with Gasteiger partial charge in [-0.05, 0) is 38.1 Å². The van der Waals surface area contributed by atoms with Crippen LogP contribution in [0.15, 0.2) is 42.1 Å². The number of hydrogen-bond acceptors (Lipinski definition) is 5. The molecule has 2 aromatic rings. The summed E-state index contributed by atoms with van der Waals surface area (Å²) in [7, 11) is -2.78. The van der Waals surface area contributed by atoms with E-state index in [-0.39, 0.29) is 0 Å². The molecule has 1 aliphatic rings. The van der Waals surface area contributed by atoms with Crippen LogP contribution in [-0.2, 0) is 10.9 Å². The van der Waals surface area contributed by atoms with Gasteiger partial charge in [0, 0.05) is 23.4 Å². The number of halogens is 1. The summed E-state index contributed by atoms with van der Waals surface area (Å²) < 4.78 is 30.1. The molecule has 2 heterocycles. The van der Waals surface area contributed by atoms with Gasteiger partial charge in [-0.25, -0.2) is 8.42 Å². The summed E-state index contributed by atoms with van der Waals surface area (Å²) in [6, 6.07) is 10.6. The molecule has 0 unspecified atom stereocenters. The Bertz CT molecular complexity index is 981. The second kappa shape index (κ2) is 6.39. The number of benzene rings is 1. The summed E-state index contributed by atoms with van der Waals surface area (Å²) in [4.78, 5) is 4.33. The third-order valence-corrected chi connectivity index (χ3v) is 4.45. The molecule has 0 amide bonds. The Morgan fingerprint density at radius 3 is 2.64 bits per heavy atom. The average Bonchev–Trinajstić information content (AvgIpc) is 2.53. The predicted octanol–water partition coefficient (Wildman–Crippen LogP) is 3.17. The van der Waals surface area contributed by atoms with Gasteiger partial charge in [0.2, 0.25) is 10.9 Å². The Labute approximate surface area is 151 Å². The van der Waals surface area contributed by atoms with Gasteiger partial charge in [-0.1, -0.05) is 11.6 Å². The van der Waals surface area contributed by atoms with Crippen LogP contribution in [0.1, 0.15) is 25.1 Å². The van der Waals surface area contributed by atoms with Crippen LogP contribution in [0.5, 0.6) is 5.75 Å². The third kappa shape index (κ3) is 3.31. The summed E-state index contributed by atoms with van der Waals surface area (Å²) >= 11 is 5.91. The predicted molar refractivity (Wildman–Crippen MR) is 96.0 cm³/mol. The first-order valence-electron chi connectivity index (χ1n) is 7.33. The van der Waals surface area contributed by atoms with E-state index < -0.39 is 16.5 Å². The normalized spacial score (nSPS) is 15.3. The van der Waals surface area contributed by atoms with Crippen molar-refractivity contribution in [1.29, 1.82) is 5.26 Å². The van der Waals surface area contributed by atoms with Crippen LogP contribution in [0.4, 0.5) is 5.69 Å². The average molecular weight is 376 g/mol. The van der Waals surface area contributed by atoms with Crippen molar-refractivity contribution in [2.24, 2.45) is 0 Å².